The number of anilines is 1. The summed E-state index contributed by atoms with van der Waals surface area (Å²) in [4.78, 5) is 33.4. The van der Waals surface area contributed by atoms with Gasteiger partial charge in [0.2, 0.25) is 5.75 Å². The van der Waals surface area contributed by atoms with Crippen molar-refractivity contribution >= 4 is 17.7 Å². The first kappa shape index (κ1) is 23.2. The third-order valence-electron chi connectivity index (χ3n) is 5.28. The summed E-state index contributed by atoms with van der Waals surface area (Å²) in [5, 5.41) is 0. The Morgan fingerprint density at radius 1 is 0.938 bits per heavy atom. The Hall–Kier alpha value is -3.49. The van der Waals surface area contributed by atoms with Crippen LogP contribution in [-0.2, 0) is 4.74 Å². The highest BCUT2D eigenvalue weighted by atomic mass is 16.5. The number of methoxy groups -OCH3 is 3. The van der Waals surface area contributed by atoms with E-state index in [9.17, 15) is 9.59 Å². The Morgan fingerprint density at radius 2 is 1.66 bits per heavy atom. The zero-order chi connectivity index (χ0) is 23.1. The van der Waals surface area contributed by atoms with Crippen LogP contribution in [0.15, 0.2) is 30.5 Å². The van der Waals surface area contributed by atoms with Gasteiger partial charge in [-0.2, -0.15) is 0 Å². The molecule has 3 rings (SSSR count). The molecule has 0 saturated carbocycles. The monoisotopic (exact) mass is 443 g/mol. The van der Waals surface area contributed by atoms with Crippen molar-refractivity contribution < 1.29 is 28.5 Å². The summed E-state index contributed by atoms with van der Waals surface area (Å²) in [5.41, 5.74) is 0.898. The molecule has 2 heterocycles. The van der Waals surface area contributed by atoms with Crippen LogP contribution >= 0.6 is 0 Å². The molecule has 1 fully saturated rings. The molecule has 1 amide bonds. The standard InChI is InChI=1S/C23H29N3O6/c1-5-32-23(28)16-7-8-20(24-15-16)25-9-6-10-26(12-11-25)22(27)17-13-18(29-2)21(31-4)19(14-17)30-3/h7-8,13-15H,5-6,9-12H2,1-4H3. The van der Waals surface area contributed by atoms with Gasteiger partial charge in [0, 0.05) is 37.9 Å². The number of hydrogen-bond acceptors (Lipinski definition) is 8. The van der Waals surface area contributed by atoms with Crippen LogP contribution in [0.3, 0.4) is 0 Å². The predicted octanol–water partition coefficient (Wildman–Crippen LogP) is 2.64. The largest absolute Gasteiger partial charge is 0.493 e. The fourth-order valence-electron chi connectivity index (χ4n) is 3.65. The highest BCUT2D eigenvalue weighted by Crippen LogP contribution is 2.38. The first-order valence-corrected chi connectivity index (χ1v) is 10.5. The SMILES string of the molecule is CCOC(=O)c1ccc(N2CCCN(C(=O)c3cc(OC)c(OC)c(OC)c3)CC2)nc1. The number of pyridine rings is 1. The number of hydrogen-bond donors (Lipinski definition) is 0. The minimum atomic E-state index is -0.385. The number of nitrogens with zero attached hydrogens (tertiary/aromatic N) is 3. The summed E-state index contributed by atoms with van der Waals surface area (Å²) in [6.45, 7) is 4.63. The quantitative estimate of drug-likeness (QED) is 0.604. The van der Waals surface area contributed by atoms with E-state index >= 15 is 0 Å². The van der Waals surface area contributed by atoms with Crippen molar-refractivity contribution in [1.82, 2.24) is 9.88 Å². The number of carbonyl (C=O) groups excluding carboxylic acids is 2. The zero-order valence-electron chi connectivity index (χ0n) is 18.9. The summed E-state index contributed by atoms with van der Waals surface area (Å²) < 4.78 is 21.1. The fraction of sp³-hybridized carbons (Fsp3) is 0.435. The van der Waals surface area contributed by atoms with Crippen molar-refractivity contribution in [3.63, 3.8) is 0 Å². The number of aromatic nitrogens is 1. The molecule has 0 bridgehead atoms. The van der Waals surface area contributed by atoms with E-state index in [4.69, 9.17) is 18.9 Å². The van der Waals surface area contributed by atoms with Crippen molar-refractivity contribution in [2.45, 2.75) is 13.3 Å². The van der Waals surface area contributed by atoms with Gasteiger partial charge in [0.1, 0.15) is 5.82 Å². The number of esters is 1. The van der Waals surface area contributed by atoms with Gasteiger partial charge < -0.3 is 28.7 Å². The van der Waals surface area contributed by atoms with E-state index in [1.807, 2.05) is 11.0 Å². The van der Waals surface area contributed by atoms with Gasteiger partial charge >= 0.3 is 5.97 Å². The second-order valence-electron chi connectivity index (χ2n) is 7.17. The van der Waals surface area contributed by atoms with Gasteiger partial charge in [-0.15, -0.1) is 0 Å². The maximum absolute atomic E-state index is 13.2. The molecule has 0 aliphatic carbocycles. The van der Waals surface area contributed by atoms with E-state index in [2.05, 4.69) is 9.88 Å². The first-order valence-electron chi connectivity index (χ1n) is 10.5. The van der Waals surface area contributed by atoms with Crippen LogP contribution in [0.25, 0.3) is 0 Å². The van der Waals surface area contributed by atoms with Crippen molar-refractivity contribution in [3.8, 4) is 17.2 Å². The molecule has 0 radical (unpaired) electrons. The highest BCUT2D eigenvalue weighted by molar-refractivity contribution is 5.95. The summed E-state index contributed by atoms with van der Waals surface area (Å²) in [5.74, 6) is 1.61. The van der Waals surface area contributed by atoms with Gasteiger partial charge in [-0.25, -0.2) is 9.78 Å². The normalized spacial score (nSPS) is 13.9. The van der Waals surface area contributed by atoms with Crippen LogP contribution in [0.2, 0.25) is 0 Å². The molecule has 0 atom stereocenters. The molecular weight excluding hydrogens is 414 g/mol. The Kier molecular flexibility index (Phi) is 7.75. The molecular formula is C23H29N3O6. The van der Waals surface area contributed by atoms with Crippen LogP contribution in [0.4, 0.5) is 5.82 Å². The lowest BCUT2D eigenvalue weighted by atomic mass is 10.1. The van der Waals surface area contributed by atoms with E-state index in [1.54, 1.807) is 25.1 Å². The fourth-order valence-corrected chi connectivity index (χ4v) is 3.65. The topological polar surface area (TPSA) is 90.4 Å². The van der Waals surface area contributed by atoms with Gasteiger partial charge in [0.05, 0.1) is 33.5 Å². The third-order valence-corrected chi connectivity index (χ3v) is 5.28. The van der Waals surface area contributed by atoms with Gasteiger partial charge in [0.25, 0.3) is 5.91 Å². The predicted molar refractivity (Wildman–Crippen MR) is 119 cm³/mol. The third kappa shape index (κ3) is 5.04. The molecule has 0 spiro atoms. The van der Waals surface area contributed by atoms with Crippen molar-refractivity contribution in [2.75, 3.05) is 59.0 Å². The molecule has 1 aliphatic heterocycles. The Labute approximate surface area is 187 Å². The maximum Gasteiger partial charge on any atom is 0.339 e. The van der Waals surface area contributed by atoms with Crippen LogP contribution in [0.1, 0.15) is 34.1 Å². The molecule has 9 heteroatoms. The molecule has 1 saturated heterocycles. The minimum Gasteiger partial charge on any atom is -0.493 e. The van der Waals surface area contributed by atoms with Crippen molar-refractivity contribution in [3.05, 3.63) is 41.6 Å². The van der Waals surface area contributed by atoms with E-state index in [1.165, 1.54) is 27.5 Å². The maximum atomic E-state index is 13.2. The van der Waals surface area contributed by atoms with Crippen LogP contribution < -0.4 is 19.1 Å². The second kappa shape index (κ2) is 10.7. The number of amides is 1. The number of rotatable bonds is 7. The first-order chi connectivity index (χ1) is 15.5. The number of ether oxygens (including phenoxy) is 4. The molecule has 9 nitrogen and oxygen atoms in total. The molecule has 32 heavy (non-hydrogen) atoms. The smallest absolute Gasteiger partial charge is 0.339 e. The summed E-state index contributed by atoms with van der Waals surface area (Å²) in [6.07, 6.45) is 2.31. The Balaban J connectivity index is 1.71. The Morgan fingerprint density at radius 3 is 2.22 bits per heavy atom. The average molecular weight is 444 g/mol. The van der Waals surface area contributed by atoms with Gasteiger partial charge in [0.15, 0.2) is 11.5 Å². The van der Waals surface area contributed by atoms with Crippen molar-refractivity contribution in [2.24, 2.45) is 0 Å². The van der Waals surface area contributed by atoms with E-state index in [-0.39, 0.29) is 11.9 Å². The molecule has 1 aliphatic rings. The molecule has 172 valence electrons. The van der Waals surface area contributed by atoms with Crippen molar-refractivity contribution in [1.29, 1.82) is 0 Å². The highest BCUT2D eigenvalue weighted by Gasteiger charge is 2.24. The average Bonchev–Trinajstić information content (AvgIpc) is 3.09. The van der Waals surface area contributed by atoms with Crippen LogP contribution in [0.5, 0.6) is 17.2 Å². The number of benzene rings is 1. The lowest BCUT2D eigenvalue weighted by Crippen LogP contribution is -2.35. The lowest BCUT2D eigenvalue weighted by Gasteiger charge is -2.23. The van der Waals surface area contributed by atoms with E-state index in [0.29, 0.717) is 54.6 Å². The molecule has 0 unspecified atom stereocenters. The lowest BCUT2D eigenvalue weighted by molar-refractivity contribution is 0.0525. The van der Waals surface area contributed by atoms with Crippen LogP contribution in [0, 0.1) is 0 Å². The van der Waals surface area contributed by atoms with Crippen LogP contribution in [-0.4, -0.2) is 75.9 Å². The van der Waals surface area contributed by atoms with Gasteiger partial charge in [-0.1, -0.05) is 0 Å². The summed E-state index contributed by atoms with van der Waals surface area (Å²) >= 11 is 0. The van der Waals surface area contributed by atoms with E-state index in [0.717, 1.165) is 18.8 Å². The Bertz CT molecular complexity index is 922. The summed E-state index contributed by atoms with van der Waals surface area (Å²) in [6, 6.07) is 6.86. The van der Waals surface area contributed by atoms with Gasteiger partial charge in [-0.05, 0) is 37.6 Å². The number of carbonyl (C=O) groups is 2. The minimum absolute atomic E-state index is 0.100. The molecule has 1 aromatic heterocycles. The molecule has 1 aromatic carbocycles. The molecule has 2 aromatic rings. The molecule has 0 N–H and O–H groups in total. The summed E-state index contributed by atoms with van der Waals surface area (Å²) in [7, 11) is 4.57. The van der Waals surface area contributed by atoms with Gasteiger partial charge in [-0.3, -0.25) is 4.79 Å². The zero-order valence-corrected chi connectivity index (χ0v) is 18.9. The second-order valence-corrected chi connectivity index (χ2v) is 7.17. The van der Waals surface area contributed by atoms with E-state index < -0.39 is 0 Å².